The Morgan fingerprint density at radius 1 is 1.05 bits per heavy atom. The molecule has 1 N–H and O–H groups in total. The van der Waals surface area contributed by atoms with Gasteiger partial charge in [-0.25, -0.2) is 0 Å². The summed E-state index contributed by atoms with van der Waals surface area (Å²) in [6.07, 6.45) is 6.64. The lowest BCUT2D eigenvalue weighted by Gasteiger charge is -2.32. The van der Waals surface area contributed by atoms with Crippen LogP contribution >= 0.6 is 0 Å². The molecule has 20 heavy (non-hydrogen) atoms. The van der Waals surface area contributed by atoms with Crippen molar-refractivity contribution in [3.63, 3.8) is 0 Å². The van der Waals surface area contributed by atoms with Gasteiger partial charge in [-0.1, -0.05) is 32.6 Å². The van der Waals surface area contributed by atoms with Crippen molar-refractivity contribution >= 4 is 5.91 Å². The Kier molecular flexibility index (Phi) is 10.8. The third-order valence-electron chi connectivity index (χ3n) is 3.91. The van der Waals surface area contributed by atoms with Crippen molar-refractivity contribution in [3.8, 4) is 0 Å². The second kappa shape index (κ2) is 11.1. The number of hydrogen-bond acceptors (Lipinski definition) is 2. The van der Waals surface area contributed by atoms with E-state index in [0.29, 0.717) is 6.42 Å². The first-order valence-corrected chi connectivity index (χ1v) is 8.17. The molecule has 4 nitrogen and oxygen atoms in total. The molecule has 0 rings (SSSR count). The average Bonchev–Trinajstić information content (AvgIpc) is 2.39. The summed E-state index contributed by atoms with van der Waals surface area (Å²) < 4.78 is 0.761. The number of likely N-dealkylation sites (N-methyl/N-ethyl adjacent to an activating group) is 2. The Morgan fingerprint density at radius 3 is 2.25 bits per heavy atom. The highest BCUT2D eigenvalue weighted by Crippen LogP contribution is 2.07. The molecule has 0 bridgehead atoms. The standard InChI is InChI=1S/C16H35N2O2/c1-5-7-8-9-10-11-16(20)17(6-2)12-13-18(3,4)14-15-19/h19H,5-15H2,1-4H3/q+1. The maximum Gasteiger partial charge on any atom is 0.222 e. The summed E-state index contributed by atoms with van der Waals surface area (Å²) >= 11 is 0. The van der Waals surface area contributed by atoms with Gasteiger partial charge in [-0.2, -0.15) is 0 Å². The summed E-state index contributed by atoms with van der Waals surface area (Å²) in [4.78, 5) is 14.1. The number of aliphatic hydroxyl groups excluding tert-OH is 1. The number of rotatable bonds is 12. The topological polar surface area (TPSA) is 40.5 Å². The molecule has 0 heterocycles. The predicted octanol–water partition coefficient (Wildman–Crippen LogP) is 2.26. The van der Waals surface area contributed by atoms with Gasteiger partial charge in [0.25, 0.3) is 0 Å². The number of hydrogen-bond donors (Lipinski definition) is 1. The van der Waals surface area contributed by atoms with Crippen LogP contribution in [-0.4, -0.2) is 67.3 Å². The molecule has 0 fully saturated rings. The SMILES string of the molecule is CCCCCCCC(=O)N(CC)CC[N+](C)(C)CCO. The molecule has 120 valence electrons. The highest BCUT2D eigenvalue weighted by Gasteiger charge is 2.18. The normalized spacial score (nSPS) is 11.7. The van der Waals surface area contributed by atoms with E-state index in [2.05, 4.69) is 21.0 Å². The fourth-order valence-electron chi connectivity index (χ4n) is 2.27. The molecular formula is C16H35N2O2+. The number of nitrogens with zero attached hydrogens (tertiary/aromatic N) is 2. The Morgan fingerprint density at radius 2 is 1.70 bits per heavy atom. The minimum Gasteiger partial charge on any atom is -0.391 e. The lowest BCUT2D eigenvalue weighted by atomic mass is 10.1. The molecule has 0 aliphatic rings. The van der Waals surface area contributed by atoms with Gasteiger partial charge in [-0.05, 0) is 13.3 Å². The highest BCUT2D eigenvalue weighted by molar-refractivity contribution is 5.76. The van der Waals surface area contributed by atoms with Gasteiger partial charge in [0.2, 0.25) is 5.91 Å². The smallest absolute Gasteiger partial charge is 0.222 e. The monoisotopic (exact) mass is 287 g/mol. The first-order chi connectivity index (χ1) is 9.46. The van der Waals surface area contributed by atoms with Crippen molar-refractivity contribution < 1.29 is 14.4 Å². The molecule has 0 saturated carbocycles. The minimum atomic E-state index is 0.199. The molecular weight excluding hydrogens is 252 g/mol. The maximum absolute atomic E-state index is 12.2. The molecule has 0 saturated heterocycles. The molecule has 0 spiro atoms. The van der Waals surface area contributed by atoms with Crippen LogP contribution in [0.4, 0.5) is 0 Å². The predicted molar refractivity (Wildman–Crippen MR) is 84.6 cm³/mol. The summed E-state index contributed by atoms with van der Waals surface area (Å²) in [5.41, 5.74) is 0. The van der Waals surface area contributed by atoms with Crippen LogP contribution in [0.5, 0.6) is 0 Å². The third kappa shape index (κ3) is 9.32. The van der Waals surface area contributed by atoms with Crippen molar-refractivity contribution in [1.82, 2.24) is 4.90 Å². The second-order valence-electron chi connectivity index (χ2n) is 6.24. The van der Waals surface area contributed by atoms with Gasteiger partial charge >= 0.3 is 0 Å². The second-order valence-corrected chi connectivity index (χ2v) is 6.24. The van der Waals surface area contributed by atoms with Crippen molar-refractivity contribution in [2.24, 2.45) is 0 Å². The van der Waals surface area contributed by atoms with E-state index < -0.39 is 0 Å². The fraction of sp³-hybridized carbons (Fsp3) is 0.938. The number of aliphatic hydroxyl groups is 1. The van der Waals surface area contributed by atoms with Crippen LogP contribution in [0.25, 0.3) is 0 Å². The van der Waals surface area contributed by atoms with E-state index in [1.165, 1.54) is 25.7 Å². The lowest BCUT2D eigenvalue weighted by Crippen LogP contribution is -2.48. The van der Waals surface area contributed by atoms with Crippen molar-refractivity contribution in [1.29, 1.82) is 0 Å². The summed E-state index contributed by atoms with van der Waals surface area (Å²) in [6.45, 7) is 7.66. The van der Waals surface area contributed by atoms with E-state index in [1.807, 2.05) is 11.8 Å². The Bertz CT molecular complexity index is 255. The molecule has 0 aliphatic carbocycles. The van der Waals surface area contributed by atoms with Crippen molar-refractivity contribution in [3.05, 3.63) is 0 Å². The average molecular weight is 287 g/mol. The van der Waals surface area contributed by atoms with Gasteiger partial charge in [-0.3, -0.25) is 4.79 Å². The van der Waals surface area contributed by atoms with Crippen molar-refractivity contribution in [2.75, 3.05) is 46.9 Å². The molecule has 0 aliphatic heterocycles. The molecule has 0 radical (unpaired) electrons. The summed E-state index contributed by atoms with van der Waals surface area (Å²) in [6, 6.07) is 0. The minimum absolute atomic E-state index is 0.199. The summed E-state index contributed by atoms with van der Waals surface area (Å²) in [7, 11) is 4.19. The molecule has 4 heteroatoms. The first-order valence-electron chi connectivity index (χ1n) is 8.17. The summed E-state index contributed by atoms with van der Waals surface area (Å²) in [5, 5.41) is 9.02. The zero-order chi connectivity index (χ0) is 15.4. The molecule has 1 amide bonds. The van der Waals surface area contributed by atoms with Crippen LogP contribution in [0, 0.1) is 0 Å². The number of carbonyl (C=O) groups is 1. The van der Waals surface area contributed by atoms with E-state index in [4.69, 9.17) is 5.11 Å². The highest BCUT2D eigenvalue weighted by atomic mass is 16.3. The third-order valence-corrected chi connectivity index (χ3v) is 3.91. The van der Waals surface area contributed by atoms with Gasteiger partial charge in [0.1, 0.15) is 6.54 Å². The number of quaternary nitrogens is 1. The fourth-order valence-corrected chi connectivity index (χ4v) is 2.27. The summed E-state index contributed by atoms with van der Waals surface area (Å²) in [5.74, 6) is 0.285. The van der Waals surface area contributed by atoms with Gasteiger partial charge in [-0.15, -0.1) is 0 Å². The zero-order valence-corrected chi connectivity index (χ0v) is 14.0. The quantitative estimate of drug-likeness (QED) is 0.442. The van der Waals surface area contributed by atoms with E-state index in [1.54, 1.807) is 0 Å². The number of unbranched alkanes of at least 4 members (excludes halogenated alkanes) is 4. The number of carbonyl (C=O) groups excluding carboxylic acids is 1. The van der Waals surface area contributed by atoms with Crippen LogP contribution in [0.15, 0.2) is 0 Å². The Labute approximate surface area is 125 Å². The molecule has 0 aromatic carbocycles. The van der Waals surface area contributed by atoms with Gasteiger partial charge in [0, 0.05) is 13.0 Å². The van der Waals surface area contributed by atoms with Crippen LogP contribution in [0.3, 0.4) is 0 Å². The van der Waals surface area contributed by atoms with Crippen LogP contribution < -0.4 is 0 Å². The zero-order valence-electron chi connectivity index (χ0n) is 14.0. The van der Waals surface area contributed by atoms with E-state index >= 15 is 0 Å². The van der Waals surface area contributed by atoms with E-state index in [0.717, 1.165) is 37.1 Å². The lowest BCUT2D eigenvalue weighted by molar-refractivity contribution is -0.890. The number of amides is 1. The Hall–Kier alpha value is -0.610. The molecule has 0 aromatic heterocycles. The van der Waals surface area contributed by atoms with Gasteiger partial charge in [0.05, 0.1) is 33.8 Å². The van der Waals surface area contributed by atoms with Gasteiger partial charge < -0.3 is 14.5 Å². The van der Waals surface area contributed by atoms with Crippen LogP contribution in [-0.2, 0) is 4.79 Å². The van der Waals surface area contributed by atoms with Gasteiger partial charge in [0.15, 0.2) is 0 Å². The molecule has 0 unspecified atom stereocenters. The molecule has 0 aromatic rings. The van der Waals surface area contributed by atoms with Crippen molar-refractivity contribution in [2.45, 2.75) is 52.4 Å². The van der Waals surface area contributed by atoms with Crippen LogP contribution in [0.2, 0.25) is 0 Å². The van der Waals surface area contributed by atoms with E-state index in [-0.39, 0.29) is 12.5 Å². The largest absolute Gasteiger partial charge is 0.391 e. The van der Waals surface area contributed by atoms with E-state index in [9.17, 15) is 4.79 Å². The van der Waals surface area contributed by atoms with Crippen LogP contribution in [0.1, 0.15) is 52.4 Å². The maximum atomic E-state index is 12.2. The Balaban J connectivity index is 3.96. The molecule has 0 atom stereocenters. The first kappa shape index (κ1) is 19.4.